The first-order valence-electron chi connectivity index (χ1n) is 5.30. The molecule has 0 amide bonds. The highest BCUT2D eigenvalue weighted by Gasteiger charge is 2.19. The van der Waals surface area contributed by atoms with Crippen LogP contribution in [-0.2, 0) is 17.9 Å². The van der Waals surface area contributed by atoms with E-state index < -0.39 is 0 Å². The molecule has 1 atom stereocenters. The maximum atomic E-state index is 8.88. The molecule has 0 spiro atoms. The van der Waals surface area contributed by atoms with Gasteiger partial charge in [-0.2, -0.15) is 0 Å². The van der Waals surface area contributed by atoms with Gasteiger partial charge in [0.05, 0.1) is 19.8 Å². The van der Waals surface area contributed by atoms with Gasteiger partial charge in [-0.15, -0.1) is 0 Å². The predicted octanol–water partition coefficient (Wildman–Crippen LogP) is 0.993. The molecule has 0 aliphatic carbocycles. The van der Waals surface area contributed by atoms with Gasteiger partial charge >= 0.3 is 0 Å². The Balaban J connectivity index is 1.95. The Morgan fingerprint density at radius 3 is 2.93 bits per heavy atom. The lowest BCUT2D eigenvalue weighted by Crippen LogP contribution is -2.42. The molecule has 1 aliphatic rings. The lowest BCUT2D eigenvalue weighted by Gasteiger charge is -2.32. The summed E-state index contributed by atoms with van der Waals surface area (Å²) in [7, 11) is 0. The fourth-order valence-electron chi connectivity index (χ4n) is 1.79. The summed E-state index contributed by atoms with van der Waals surface area (Å²) in [6.07, 6.45) is 0. The first kappa shape index (κ1) is 10.7. The Hall–Kier alpha value is -0.840. The predicted molar refractivity (Wildman–Crippen MR) is 55.3 cm³/mol. The van der Waals surface area contributed by atoms with Crippen molar-refractivity contribution >= 4 is 0 Å². The molecule has 4 nitrogen and oxygen atoms in total. The number of hydrogen-bond acceptors (Lipinski definition) is 4. The number of nitrogens with zero attached hydrogens (tertiary/aromatic N) is 1. The van der Waals surface area contributed by atoms with Crippen molar-refractivity contribution in [1.29, 1.82) is 0 Å². The summed E-state index contributed by atoms with van der Waals surface area (Å²) < 4.78 is 10.8. The molecule has 0 bridgehead atoms. The third-order valence-corrected chi connectivity index (χ3v) is 2.74. The van der Waals surface area contributed by atoms with Crippen LogP contribution in [0.2, 0.25) is 0 Å². The van der Waals surface area contributed by atoms with E-state index in [1.165, 1.54) is 0 Å². The minimum Gasteiger partial charge on any atom is -0.462 e. The fourth-order valence-corrected chi connectivity index (χ4v) is 1.79. The van der Waals surface area contributed by atoms with Crippen LogP contribution in [0.15, 0.2) is 16.5 Å². The quantitative estimate of drug-likeness (QED) is 0.810. The average molecular weight is 211 g/mol. The summed E-state index contributed by atoms with van der Waals surface area (Å²) in [6.45, 7) is 5.43. The third kappa shape index (κ3) is 2.59. The minimum absolute atomic E-state index is 0.0291. The normalized spacial score (nSPS) is 23.2. The zero-order valence-corrected chi connectivity index (χ0v) is 8.98. The van der Waals surface area contributed by atoms with Crippen LogP contribution in [0.1, 0.15) is 18.4 Å². The van der Waals surface area contributed by atoms with E-state index >= 15 is 0 Å². The van der Waals surface area contributed by atoms with Crippen molar-refractivity contribution in [3.63, 3.8) is 0 Å². The molecule has 1 aromatic heterocycles. The van der Waals surface area contributed by atoms with Crippen molar-refractivity contribution in [2.75, 3.05) is 19.8 Å². The first-order valence-corrected chi connectivity index (χ1v) is 5.30. The Kier molecular flexibility index (Phi) is 3.41. The number of aliphatic hydroxyl groups is 1. The Morgan fingerprint density at radius 1 is 1.47 bits per heavy atom. The molecule has 1 aliphatic heterocycles. The van der Waals surface area contributed by atoms with Gasteiger partial charge in [-0.1, -0.05) is 0 Å². The Bertz CT molecular complexity index is 311. The molecule has 0 saturated carbocycles. The molecule has 2 rings (SSSR count). The van der Waals surface area contributed by atoms with E-state index in [1.54, 1.807) is 0 Å². The van der Waals surface area contributed by atoms with E-state index in [0.717, 1.165) is 32.1 Å². The van der Waals surface area contributed by atoms with Crippen LogP contribution in [0.25, 0.3) is 0 Å². The number of rotatable bonds is 3. The van der Waals surface area contributed by atoms with Gasteiger partial charge in [0.1, 0.15) is 18.1 Å². The largest absolute Gasteiger partial charge is 0.462 e. The van der Waals surface area contributed by atoms with Crippen molar-refractivity contribution in [1.82, 2.24) is 4.90 Å². The molecule has 1 N–H and O–H groups in total. The van der Waals surface area contributed by atoms with Gasteiger partial charge in [-0.25, -0.2) is 0 Å². The molecule has 4 heteroatoms. The van der Waals surface area contributed by atoms with E-state index in [9.17, 15) is 0 Å². The monoisotopic (exact) mass is 211 g/mol. The number of ether oxygens (including phenoxy) is 1. The van der Waals surface area contributed by atoms with Gasteiger partial charge in [0.15, 0.2) is 0 Å². The maximum absolute atomic E-state index is 8.88. The number of hydrogen-bond donors (Lipinski definition) is 1. The molecule has 1 unspecified atom stereocenters. The van der Waals surface area contributed by atoms with Crippen LogP contribution in [0.4, 0.5) is 0 Å². The summed E-state index contributed by atoms with van der Waals surface area (Å²) >= 11 is 0. The van der Waals surface area contributed by atoms with E-state index in [4.69, 9.17) is 14.3 Å². The van der Waals surface area contributed by atoms with Crippen molar-refractivity contribution in [2.24, 2.45) is 0 Å². The van der Waals surface area contributed by atoms with Crippen LogP contribution in [0.3, 0.4) is 0 Å². The van der Waals surface area contributed by atoms with Gasteiger partial charge < -0.3 is 14.3 Å². The van der Waals surface area contributed by atoms with Crippen molar-refractivity contribution in [2.45, 2.75) is 26.1 Å². The second-order valence-corrected chi connectivity index (χ2v) is 3.92. The van der Waals surface area contributed by atoms with Crippen molar-refractivity contribution < 1.29 is 14.3 Å². The summed E-state index contributed by atoms with van der Waals surface area (Å²) in [5.74, 6) is 1.54. The molecule has 2 heterocycles. The smallest absolute Gasteiger partial charge is 0.129 e. The van der Waals surface area contributed by atoms with E-state index in [1.807, 2.05) is 12.1 Å². The minimum atomic E-state index is -0.0291. The van der Waals surface area contributed by atoms with Gasteiger partial charge in [0.2, 0.25) is 0 Å². The summed E-state index contributed by atoms with van der Waals surface area (Å²) in [6, 6.07) is 4.18. The molecule has 1 fully saturated rings. The van der Waals surface area contributed by atoms with E-state index in [0.29, 0.717) is 11.8 Å². The van der Waals surface area contributed by atoms with Gasteiger partial charge in [0.25, 0.3) is 0 Å². The summed E-state index contributed by atoms with van der Waals surface area (Å²) in [4.78, 5) is 2.32. The van der Waals surface area contributed by atoms with Crippen LogP contribution < -0.4 is 0 Å². The highest BCUT2D eigenvalue weighted by molar-refractivity contribution is 5.06. The van der Waals surface area contributed by atoms with E-state index in [2.05, 4.69) is 11.8 Å². The molecule has 1 saturated heterocycles. The second kappa shape index (κ2) is 4.79. The zero-order valence-electron chi connectivity index (χ0n) is 8.98. The number of furan rings is 1. The highest BCUT2D eigenvalue weighted by atomic mass is 16.5. The summed E-state index contributed by atoms with van der Waals surface area (Å²) in [5, 5.41) is 8.88. The summed E-state index contributed by atoms with van der Waals surface area (Å²) in [5.41, 5.74) is 0. The first-order chi connectivity index (χ1) is 7.29. The molecule has 1 aromatic rings. The zero-order chi connectivity index (χ0) is 10.7. The van der Waals surface area contributed by atoms with E-state index in [-0.39, 0.29) is 6.61 Å². The Labute approximate surface area is 89.4 Å². The second-order valence-electron chi connectivity index (χ2n) is 3.92. The molecular weight excluding hydrogens is 194 g/mol. The molecule has 15 heavy (non-hydrogen) atoms. The number of aliphatic hydroxyl groups excluding tert-OH is 1. The molecule has 0 radical (unpaired) electrons. The average Bonchev–Trinajstić information content (AvgIpc) is 2.69. The van der Waals surface area contributed by atoms with Crippen LogP contribution >= 0.6 is 0 Å². The molecule has 84 valence electrons. The standard InChI is InChI=1S/C11H17NO3/c1-9-8-14-5-4-12(9)6-10-2-3-11(7-13)15-10/h2-3,9,13H,4-8H2,1H3. The lowest BCUT2D eigenvalue weighted by molar-refractivity contribution is -0.00735. The lowest BCUT2D eigenvalue weighted by atomic mass is 10.2. The topological polar surface area (TPSA) is 45.8 Å². The van der Waals surface area contributed by atoms with Crippen LogP contribution in [0, 0.1) is 0 Å². The van der Waals surface area contributed by atoms with Gasteiger partial charge in [-0.05, 0) is 19.1 Å². The molecule has 0 aromatic carbocycles. The SMILES string of the molecule is CC1COCCN1Cc1ccc(CO)o1. The van der Waals surface area contributed by atoms with Crippen LogP contribution in [0.5, 0.6) is 0 Å². The van der Waals surface area contributed by atoms with Crippen LogP contribution in [-0.4, -0.2) is 35.8 Å². The Morgan fingerprint density at radius 2 is 2.27 bits per heavy atom. The van der Waals surface area contributed by atoms with Crippen molar-refractivity contribution in [3.8, 4) is 0 Å². The molecular formula is C11H17NO3. The highest BCUT2D eigenvalue weighted by Crippen LogP contribution is 2.14. The van der Waals surface area contributed by atoms with Gasteiger partial charge in [0, 0.05) is 12.6 Å². The van der Waals surface area contributed by atoms with Gasteiger partial charge in [-0.3, -0.25) is 4.90 Å². The maximum Gasteiger partial charge on any atom is 0.129 e. The number of morpholine rings is 1. The fraction of sp³-hybridized carbons (Fsp3) is 0.636. The third-order valence-electron chi connectivity index (χ3n) is 2.74. The van der Waals surface area contributed by atoms with Crippen molar-refractivity contribution in [3.05, 3.63) is 23.7 Å².